The normalized spacial score (nSPS) is 10.8. The highest BCUT2D eigenvalue weighted by Crippen LogP contribution is 2.25. The average molecular weight is 258 g/mol. The predicted octanol–water partition coefficient (Wildman–Crippen LogP) is 2.13. The number of aromatic nitrogens is 3. The maximum Gasteiger partial charge on any atom is 0.165 e. The van der Waals surface area contributed by atoms with E-state index in [1.165, 1.54) is 13.2 Å². The lowest BCUT2D eigenvalue weighted by Crippen LogP contribution is -1.99. The van der Waals surface area contributed by atoms with Crippen LogP contribution in [0.1, 0.15) is 0 Å². The smallest absolute Gasteiger partial charge is 0.165 e. The number of nitrogens with two attached hydrogens (primary N) is 1. The van der Waals surface area contributed by atoms with Gasteiger partial charge >= 0.3 is 0 Å². The molecule has 0 saturated heterocycles. The van der Waals surface area contributed by atoms with Gasteiger partial charge in [-0.15, -0.1) is 5.10 Å². The SMILES string of the molecule is COc1ccc(-c2cnc3ccc(N)nn23)cc1F. The number of anilines is 1. The van der Waals surface area contributed by atoms with E-state index in [1.54, 1.807) is 35.0 Å². The van der Waals surface area contributed by atoms with Crippen molar-refractivity contribution in [2.24, 2.45) is 0 Å². The highest BCUT2D eigenvalue weighted by Gasteiger charge is 2.10. The van der Waals surface area contributed by atoms with Crippen molar-refractivity contribution in [3.8, 4) is 17.0 Å². The summed E-state index contributed by atoms with van der Waals surface area (Å²) in [6.45, 7) is 0. The minimum Gasteiger partial charge on any atom is -0.494 e. The Morgan fingerprint density at radius 2 is 2.11 bits per heavy atom. The quantitative estimate of drug-likeness (QED) is 0.764. The van der Waals surface area contributed by atoms with Crippen LogP contribution in [0.25, 0.3) is 16.9 Å². The second kappa shape index (κ2) is 4.24. The molecule has 0 bridgehead atoms. The van der Waals surface area contributed by atoms with Crippen molar-refractivity contribution in [2.45, 2.75) is 0 Å². The number of nitrogens with zero attached hydrogens (tertiary/aromatic N) is 3. The fraction of sp³-hybridized carbons (Fsp3) is 0.0769. The number of imidazole rings is 1. The van der Waals surface area contributed by atoms with Gasteiger partial charge < -0.3 is 10.5 Å². The zero-order chi connectivity index (χ0) is 13.4. The fourth-order valence-electron chi connectivity index (χ4n) is 1.91. The molecule has 5 nitrogen and oxygen atoms in total. The van der Waals surface area contributed by atoms with Crippen LogP contribution < -0.4 is 10.5 Å². The van der Waals surface area contributed by atoms with Gasteiger partial charge in [-0.1, -0.05) is 0 Å². The molecule has 1 aromatic carbocycles. The standard InChI is InChI=1S/C13H11FN4O/c1-19-11-3-2-8(6-9(11)14)10-7-16-13-5-4-12(15)17-18(10)13/h2-7H,1H3,(H2,15,17). The van der Waals surface area contributed by atoms with Crippen LogP contribution in [0, 0.1) is 5.82 Å². The van der Waals surface area contributed by atoms with E-state index in [4.69, 9.17) is 10.5 Å². The molecule has 0 amide bonds. The minimum absolute atomic E-state index is 0.199. The van der Waals surface area contributed by atoms with Gasteiger partial charge in [0.2, 0.25) is 0 Å². The van der Waals surface area contributed by atoms with E-state index >= 15 is 0 Å². The molecular formula is C13H11FN4O. The van der Waals surface area contributed by atoms with Crippen molar-refractivity contribution < 1.29 is 9.13 Å². The Morgan fingerprint density at radius 1 is 1.26 bits per heavy atom. The molecule has 19 heavy (non-hydrogen) atoms. The van der Waals surface area contributed by atoms with E-state index in [9.17, 15) is 4.39 Å². The van der Waals surface area contributed by atoms with Gasteiger partial charge in [0.05, 0.1) is 19.0 Å². The van der Waals surface area contributed by atoms with E-state index in [1.807, 2.05) is 0 Å². The Labute approximate surface area is 108 Å². The number of nitrogen functional groups attached to an aromatic ring is 1. The monoisotopic (exact) mass is 258 g/mol. The first-order chi connectivity index (χ1) is 9.19. The Morgan fingerprint density at radius 3 is 2.84 bits per heavy atom. The molecule has 0 spiro atoms. The molecule has 0 radical (unpaired) electrons. The van der Waals surface area contributed by atoms with Gasteiger partial charge in [0.15, 0.2) is 17.2 Å². The van der Waals surface area contributed by atoms with Crippen LogP contribution in [0.2, 0.25) is 0 Å². The first-order valence-electron chi connectivity index (χ1n) is 5.63. The third-order valence-corrected chi connectivity index (χ3v) is 2.83. The Bertz CT molecular complexity index is 753. The van der Waals surface area contributed by atoms with E-state index in [-0.39, 0.29) is 5.75 Å². The number of methoxy groups -OCH3 is 1. The van der Waals surface area contributed by atoms with Crippen molar-refractivity contribution in [3.05, 3.63) is 42.3 Å². The largest absolute Gasteiger partial charge is 0.494 e. The molecule has 2 aromatic heterocycles. The summed E-state index contributed by atoms with van der Waals surface area (Å²) in [6.07, 6.45) is 1.63. The van der Waals surface area contributed by atoms with E-state index in [0.717, 1.165) is 0 Å². The number of halogens is 1. The topological polar surface area (TPSA) is 65.4 Å². The molecule has 2 N–H and O–H groups in total. The maximum atomic E-state index is 13.7. The van der Waals surface area contributed by atoms with Crippen LogP contribution in [0.4, 0.5) is 10.2 Å². The molecule has 0 saturated carbocycles. The van der Waals surface area contributed by atoms with Gasteiger partial charge in [-0.25, -0.2) is 13.9 Å². The van der Waals surface area contributed by atoms with E-state index in [0.29, 0.717) is 22.7 Å². The van der Waals surface area contributed by atoms with Crippen molar-refractivity contribution >= 4 is 11.5 Å². The first-order valence-corrected chi connectivity index (χ1v) is 5.63. The lowest BCUT2D eigenvalue weighted by atomic mass is 10.1. The highest BCUT2D eigenvalue weighted by atomic mass is 19.1. The summed E-state index contributed by atoms with van der Waals surface area (Å²) >= 11 is 0. The first kappa shape index (κ1) is 11.5. The van der Waals surface area contributed by atoms with Crippen LogP contribution in [0.3, 0.4) is 0 Å². The zero-order valence-corrected chi connectivity index (χ0v) is 10.2. The molecule has 0 aliphatic carbocycles. The number of fused-ring (bicyclic) bond motifs is 1. The van der Waals surface area contributed by atoms with Crippen LogP contribution in [0.15, 0.2) is 36.5 Å². The molecule has 0 aliphatic heterocycles. The second-order valence-corrected chi connectivity index (χ2v) is 4.02. The molecule has 0 unspecified atom stereocenters. The molecule has 0 aliphatic rings. The predicted molar refractivity (Wildman–Crippen MR) is 69.3 cm³/mol. The molecule has 2 heterocycles. The lowest BCUT2D eigenvalue weighted by Gasteiger charge is -2.05. The summed E-state index contributed by atoms with van der Waals surface area (Å²) in [6, 6.07) is 8.12. The number of hydrogen-bond donors (Lipinski definition) is 1. The van der Waals surface area contributed by atoms with Crippen molar-refractivity contribution in [3.63, 3.8) is 0 Å². The van der Waals surface area contributed by atoms with Gasteiger partial charge in [-0.05, 0) is 30.3 Å². The summed E-state index contributed by atoms with van der Waals surface area (Å²) in [5.74, 6) is 0.143. The van der Waals surface area contributed by atoms with Crippen molar-refractivity contribution in [1.82, 2.24) is 14.6 Å². The Hall–Kier alpha value is -2.63. The summed E-state index contributed by atoms with van der Waals surface area (Å²) < 4.78 is 20.2. The summed E-state index contributed by atoms with van der Waals surface area (Å²) in [5, 5.41) is 4.16. The van der Waals surface area contributed by atoms with E-state index < -0.39 is 5.82 Å². The molecule has 3 aromatic rings. The Balaban J connectivity index is 2.18. The van der Waals surface area contributed by atoms with Crippen LogP contribution in [-0.2, 0) is 0 Å². The minimum atomic E-state index is -0.432. The average Bonchev–Trinajstić information content (AvgIpc) is 2.81. The van der Waals surface area contributed by atoms with Crippen molar-refractivity contribution in [1.29, 1.82) is 0 Å². The molecule has 0 atom stereocenters. The van der Waals surface area contributed by atoms with Gasteiger partial charge in [0.25, 0.3) is 0 Å². The lowest BCUT2D eigenvalue weighted by molar-refractivity contribution is 0.386. The third-order valence-electron chi connectivity index (χ3n) is 2.83. The van der Waals surface area contributed by atoms with Crippen LogP contribution in [0.5, 0.6) is 5.75 Å². The molecule has 3 rings (SSSR count). The number of rotatable bonds is 2. The molecule has 96 valence electrons. The number of hydrogen-bond acceptors (Lipinski definition) is 4. The second-order valence-electron chi connectivity index (χ2n) is 4.02. The summed E-state index contributed by atoms with van der Waals surface area (Å²) in [5.41, 5.74) is 7.63. The van der Waals surface area contributed by atoms with Crippen LogP contribution >= 0.6 is 0 Å². The number of benzene rings is 1. The summed E-state index contributed by atoms with van der Waals surface area (Å²) in [4.78, 5) is 4.20. The molecular weight excluding hydrogens is 247 g/mol. The van der Waals surface area contributed by atoms with Gasteiger partial charge in [0, 0.05) is 5.56 Å². The van der Waals surface area contributed by atoms with Crippen LogP contribution in [-0.4, -0.2) is 21.7 Å². The van der Waals surface area contributed by atoms with Gasteiger partial charge in [-0.2, -0.15) is 0 Å². The molecule has 0 fully saturated rings. The maximum absolute atomic E-state index is 13.7. The fourth-order valence-corrected chi connectivity index (χ4v) is 1.91. The zero-order valence-electron chi connectivity index (χ0n) is 10.2. The number of ether oxygens (including phenoxy) is 1. The molecule has 6 heteroatoms. The van der Waals surface area contributed by atoms with E-state index in [2.05, 4.69) is 10.1 Å². The summed E-state index contributed by atoms with van der Waals surface area (Å²) in [7, 11) is 1.43. The van der Waals surface area contributed by atoms with Gasteiger partial charge in [0.1, 0.15) is 5.82 Å². The van der Waals surface area contributed by atoms with Crippen molar-refractivity contribution in [2.75, 3.05) is 12.8 Å². The van der Waals surface area contributed by atoms with Gasteiger partial charge in [-0.3, -0.25) is 0 Å². The third kappa shape index (κ3) is 1.87. The highest BCUT2D eigenvalue weighted by molar-refractivity contribution is 5.64. The Kier molecular flexibility index (Phi) is 2.56.